The van der Waals surface area contributed by atoms with Gasteiger partial charge in [0.1, 0.15) is 11.5 Å². The number of rotatable bonds is 6. The van der Waals surface area contributed by atoms with Gasteiger partial charge in [0.2, 0.25) is 0 Å². The van der Waals surface area contributed by atoms with E-state index in [-0.39, 0.29) is 5.75 Å². The van der Waals surface area contributed by atoms with Crippen LogP contribution in [0.25, 0.3) is 0 Å². The van der Waals surface area contributed by atoms with Crippen LogP contribution in [0.15, 0.2) is 36.4 Å². The van der Waals surface area contributed by atoms with Gasteiger partial charge in [-0.3, -0.25) is 0 Å². The molecule has 0 fully saturated rings. The van der Waals surface area contributed by atoms with Crippen molar-refractivity contribution in [3.8, 4) is 17.2 Å². The van der Waals surface area contributed by atoms with Gasteiger partial charge in [0.15, 0.2) is 11.6 Å². The maximum absolute atomic E-state index is 13.2. The molecule has 0 aliphatic heterocycles. The van der Waals surface area contributed by atoms with Gasteiger partial charge in [-0.25, -0.2) is 4.39 Å². The third-order valence-corrected chi connectivity index (χ3v) is 3.20. The first kappa shape index (κ1) is 15.1. The second kappa shape index (κ2) is 6.95. The molecule has 5 heteroatoms. The standard InChI is InChI=1S/C16H18FNO3/c1-20-13-7-6-11(15(8-13)21-2)9-18-10-12-4-3-5-14(17)16(12)19/h3-8,18-19H,9-10H2,1-2H3. The van der Waals surface area contributed by atoms with E-state index in [0.717, 1.165) is 11.3 Å². The number of aromatic hydroxyl groups is 1. The molecule has 2 aromatic carbocycles. The number of ether oxygens (including phenoxy) is 2. The highest BCUT2D eigenvalue weighted by atomic mass is 19.1. The highest BCUT2D eigenvalue weighted by molar-refractivity contribution is 5.41. The van der Waals surface area contributed by atoms with Crippen LogP contribution in [0, 0.1) is 5.82 Å². The van der Waals surface area contributed by atoms with Crippen molar-refractivity contribution in [1.82, 2.24) is 5.32 Å². The number of hydrogen-bond donors (Lipinski definition) is 2. The van der Waals surface area contributed by atoms with Gasteiger partial charge < -0.3 is 19.9 Å². The average Bonchev–Trinajstić information content (AvgIpc) is 2.51. The van der Waals surface area contributed by atoms with Crippen molar-refractivity contribution in [3.05, 3.63) is 53.3 Å². The number of benzene rings is 2. The van der Waals surface area contributed by atoms with E-state index in [9.17, 15) is 9.50 Å². The molecule has 0 saturated carbocycles. The minimum atomic E-state index is -0.615. The summed E-state index contributed by atoms with van der Waals surface area (Å²) in [5, 5.41) is 12.8. The fourth-order valence-corrected chi connectivity index (χ4v) is 2.03. The van der Waals surface area contributed by atoms with Crippen LogP contribution < -0.4 is 14.8 Å². The molecule has 0 aromatic heterocycles. The van der Waals surface area contributed by atoms with Gasteiger partial charge in [0.25, 0.3) is 0 Å². The molecular formula is C16H18FNO3. The normalized spacial score (nSPS) is 10.4. The second-order valence-corrected chi connectivity index (χ2v) is 4.53. The molecule has 0 spiro atoms. The molecule has 0 atom stereocenters. The number of phenols is 1. The number of para-hydroxylation sites is 1. The lowest BCUT2D eigenvalue weighted by Gasteiger charge is -2.12. The predicted octanol–water partition coefficient (Wildman–Crippen LogP) is 2.84. The molecule has 0 unspecified atom stereocenters. The first-order chi connectivity index (χ1) is 10.2. The van der Waals surface area contributed by atoms with Crippen LogP contribution in [0.3, 0.4) is 0 Å². The molecule has 2 aromatic rings. The Hall–Kier alpha value is -2.27. The Balaban J connectivity index is 2.02. The smallest absolute Gasteiger partial charge is 0.165 e. The summed E-state index contributed by atoms with van der Waals surface area (Å²) < 4.78 is 23.7. The minimum Gasteiger partial charge on any atom is -0.505 e. The Morgan fingerprint density at radius 2 is 1.81 bits per heavy atom. The lowest BCUT2D eigenvalue weighted by Crippen LogP contribution is -2.13. The number of nitrogens with one attached hydrogen (secondary N) is 1. The molecule has 0 amide bonds. The van der Waals surface area contributed by atoms with Crippen LogP contribution in [-0.4, -0.2) is 19.3 Å². The number of phenolic OH excluding ortho intramolecular Hbond substituents is 1. The average molecular weight is 291 g/mol. The summed E-state index contributed by atoms with van der Waals surface area (Å²) in [5.41, 5.74) is 1.47. The SMILES string of the molecule is COc1ccc(CNCc2cccc(F)c2O)c(OC)c1. The maximum Gasteiger partial charge on any atom is 0.165 e. The fraction of sp³-hybridized carbons (Fsp3) is 0.250. The quantitative estimate of drug-likeness (QED) is 0.859. The van der Waals surface area contributed by atoms with Gasteiger partial charge in [0.05, 0.1) is 14.2 Å². The van der Waals surface area contributed by atoms with Crippen LogP contribution in [0.1, 0.15) is 11.1 Å². The monoisotopic (exact) mass is 291 g/mol. The van der Waals surface area contributed by atoms with E-state index in [0.29, 0.717) is 24.4 Å². The molecule has 0 saturated heterocycles. The lowest BCUT2D eigenvalue weighted by molar-refractivity contribution is 0.389. The third-order valence-electron chi connectivity index (χ3n) is 3.20. The van der Waals surface area contributed by atoms with Gasteiger partial charge in [0, 0.05) is 30.3 Å². The van der Waals surface area contributed by atoms with E-state index in [1.165, 1.54) is 6.07 Å². The number of hydrogen-bond acceptors (Lipinski definition) is 4. The van der Waals surface area contributed by atoms with Gasteiger partial charge in [-0.15, -0.1) is 0 Å². The maximum atomic E-state index is 13.2. The molecule has 2 rings (SSSR count). The molecule has 112 valence electrons. The zero-order valence-electron chi connectivity index (χ0n) is 12.0. The molecule has 0 aliphatic rings. The van der Waals surface area contributed by atoms with Gasteiger partial charge >= 0.3 is 0 Å². The first-order valence-corrected chi connectivity index (χ1v) is 6.53. The first-order valence-electron chi connectivity index (χ1n) is 6.53. The Morgan fingerprint density at radius 1 is 1.05 bits per heavy atom. The topological polar surface area (TPSA) is 50.7 Å². The van der Waals surface area contributed by atoms with Crippen molar-refractivity contribution >= 4 is 0 Å². The summed E-state index contributed by atoms with van der Waals surface area (Å²) >= 11 is 0. The van der Waals surface area contributed by atoms with Crippen molar-refractivity contribution in [2.75, 3.05) is 14.2 Å². The zero-order chi connectivity index (χ0) is 15.2. The minimum absolute atomic E-state index is 0.313. The Bertz CT molecular complexity index is 616. The Kier molecular flexibility index (Phi) is 5.00. The second-order valence-electron chi connectivity index (χ2n) is 4.53. The van der Waals surface area contributed by atoms with Crippen molar-refractivity contribution in [1.29, 1.82) is 0 Å². The van der Waals surface area contributed by atoms with Crippen LogP contribution in [0.2, 0.25) is 0 Å². The van der Waals surface area contributed by atoms with Crippen LogP contribution >= 0.6 is 0 Å². The van der Waals surface area contributed by atoms with E-state index >= 15 is 0 Å². The van der Waals surface area contributed by atoms with E-state index in [4.69, 9.17) is 9.47 Å². The highest BCUT2D eigenvalue weighted by Gasteiger charge is 2.08. The van der Waals surface area contributed by atoms with Gasteiger partial charge in [-0.1, -0.05) is 18.2 Å². The largest absolute Gasteiger partial charge is 0.505 e. The van der Waals surface area contributed by atoms with Gasteiger partial charge in [-0.2, -0.15) is 0 Å². The molecule has 0 heterocycles. The number of methoxy groups -OCH3 is 2. The Labute approximate surface area is 123 Å². The van der Waals surface area contributed by atoms with Crippen molar-refractivity contribution in [3.63, 3.8) is 0 Å². The fourth-order valence-electron chi connectivity index (χ4n) is 2.03. The summed E-state index contributed by atoms with van der Waals surface area (Å²) in [6, 6.07) is 10.0. The summed E-state index contributed by atoms with van der Waals surface area (Å²) in [6.45, 7) is 0.891. The van der Waals surface area contributed by atoms with Crippen LogP contribution in [0.5, 0.6) is 17.2 Å². The zero-order valence-corrected chi connectivity index (χ0v) is 12.0. The lowest BCUT2D eigenvalue weighted by atomic mass is 10.1. The number of halogens is 1. The van der Waals surface area contributed by atoms with Crippen molar-refractivity contribution in [2.45, 2.75) is 13.1 Å². The van der Waals surface area contributed by atoms with Gasteiger partial charge in [-0.05, 0) is 12.1 Å². The summed E-state index contributed by atoms with van der Waals surface area (Å²) in [4.78, 5) is 0. The molecule has 0 aliphatic carbocycles. The predicted molar refractivity (Wildman–Crippen MR) is 78.2 cm³/mol. The van der Waals surface area contributed by atoms with Crippen LogP contribution in [0.4, 0.5) is 4.39 Å². The molecule has 0 bridgehead atoms. The van der Waals surface area contributed by atoms with E-state index in [2.05, 4.69) is 5.32 Å². The molecular weight excluding hydrogens is 273 g/mol. The summed E-state index contributed by atoms with van der Waals surface area (Å²) in [7, 11) is 3.19. The molecule has 21 heavy (non-hydrogen) atoms. The molecule has 0 radical (unpaired) electrons. The van der Waals surface area contributed by atoms with E-state index in [1.807, 2.05) is 12.1 Å². The summed E-state index contributed by atoms with van der Waals surface area (Å²) in [6.07, 6.45) is 0. The summed E-state index contributed by atoms with van der Waals surface area (Å²) in [5.74, 6) is 0.506. The van der Waals surface area contributed by atoms with Crippen molar-refractivity contribution in [2.24, 2.45) is 0 Å². The molecule has 2 N–H and O–H groups in total. The Morgan fingerprint density at radius 3 is 2.52 bits per heavy atom. The van der Waals surface area contributed by atoms with Crippen molar-refractivity contribution < 1.29 is 19.0 Å². The third kappa shape index (κ3) is 3.64. The van der Waals surface area contributed by atoms with E-state index < -0.39 is 5.82 Å². The van der Waals surface area contributed by atoms with Crippen LogP contribution in [-0.2, 0) is 13.1 Å². The highest BCUT2D eigenvalue weighted by Crippen LogP contribution is 2.25. The van der Waals surface area contributed by atoms with E-state index in [1.54, 1.807) is 32.4 Å². The molecule has 4 nitrogen and oxygen atoms in total.